The van der Waals surface area contributed by atoms with E-state index >= 15 is 0 Å². The van der Waals surface area contributed by atoms with Gasteiger partial charge in [0, 0.05) is 25.2 Å². The van der Waals surface area contributed by atoms with Crippen molar-refractivity contribution in [3.63, 3.8) is 0 Å². The first kappa shape index (κ1) is 16.2. The molecular weight excluding hydrogens is 264 g/mol. The van der Waals surface area contributed by atoms with E-state index in [9.17, 15) is 8.42 Å². The summed E-state index contributed by atoms with van der Waals surface area (Å²) in [7, 11) is -0.106. The maximum absolute atomic E-state index is 12.7. The zero-order valence-corrected chi connectivity index (χ0v) is 13.4. The minimum atomic E-state index is -3.51. The summed E-state index contributed by atoms with van der Waals surface area (Å²) in [5, 5.41) is 2.99. The molecule has 0 radical (unpaired) electrons. The first-order chi connectivity index (χ1) is 8.77. The van der Waals surface area contributed by atoms with Crippen molar-refractivity contribution >= 4 is 10.0 Å². The van der Waals surface area contributed by atoms with Crippen molar-refractivity contribution in [2.24, 2.45) is 0 Å². The lowest BCUT2D eigenvalue weighted by molar-refractivity contribution is 0.379. The molecule has 1 N–H and O–H groups in total. The van der Waals surface area contributed by atoms with Gasteiger partial charge in [0.05, 0.1) is 0 Å². The van der Waals surface area contributed by atoms with Crippen molar-refractivity contribution in [2.75, 3.05) is 14.1 Å². The van der Waals surface area contributed by atoms with Crippen molar-refractivity contribution in [3.05, 3.63) is 17.1 Å². The highest BCUT2D eigenvalue weighted by Crippen LogP contribution is 2.29. The molecular formula is C13H24N2O3S. The molecule has 0 spiro atoms. The van der Waals surface area contributed by atoms with Gasteiger partial charge in [-0.15, -0.1) is 0 Å². The monoisotopic (exact) mass is 288 g/mol. The summed E-state index contributed by atoms with van der Waals surface area (Å²) >= 11 is 0. The SMILES string of the molecule is CCC(C)N(C)S(=O)(=O)c1c(C)oc(C)c1CNC. The maximum Gasteiger partial charge on any atom is 0.246 e. The molecule has 1 rings (SSSR count). The summed E-state index contributed by atoms with van der Waals surface area (Å²) in [6, 6.07) is -0.0398. The molecule has 0 aromatic carbocycles. The molecule has 0 fully saturated rings. The molecule has 0 amide bonds. The molecule has 1 unspecified atom stereocenters. The van der Waals surface area contributed by atoms with Crippen LogP contribution in [0.2, 0.25) is 0 Å². The van der Waals surface area contributed by atoms with Gasteiger partial charge in [-0.1, -0.05) is 6.92 Å². The van der Waals surface area contributed by atoms with Gasteiger partial charge in [-0.3, -0.25) is 0 Å². The minimum absolute atomic E-state index is 0.0398. The van der Waals surface area contributed by atoms with Gasteiger partial charge < -0.3 is 9.73 Å². The van der Waals surface area contributed by atoms with E-state index in [2.05, 4.69) is 5.32 Å². The molecule has 6 heteroatoms. The van der Waals surface area contributed by atoms with Gasteiger partial charge in [-0.05, 0) is 34.2 Å². The normalized spacial score (nSPS) is 14.1. The molecule has 1 aromatic heterocycles. The highest BCUT2D eigenvalue weighted by molar-refractivity contribution is 7.89. The number of hydrogen-bond acceptors (Lipinski definition) is 4. The van der Waals surface area contributed by atoms with E-state index in [0.717, 1.165) is 12.0 Å². The summed E-state index contributed by atoms with van der Waals surface area (Å²) < 4.78 is 32.3. The fraction of sp³-hybridized carbons (Fsp3) is 0.692. The Morgan fingerprint density at radius 1 is 1.32 bits per heavy atom. The number of aryl methyl sites for hydroxylation is 2. The second-order valence-corrected chi connectivity index (χ2v) is 6.77. The summed E-state index contributed by atoms with van der Waals surface area (Å²) in [5.41, 5.74) is 0.718. The van der Waals surface area contributed by atoms with E-state index in [1.807, 2.05) is 13.8 Å². The van der Waals surface area contributed by atoms with E-state index in [1.165, 1.54) is 4.31 Å². The van der Waals surface area contributed by atoms with Gasteiger partial charge in [0.25, 0.3) is 0 Å². The van der Waals surface area contributed by atoms with Crippen LogP contribution in [-0.4, -0.2) is 32.9 Å². The Balaban J connectivity index is 3.36. The highest BCUT2D eigenvalue weighted by atomic mass is 32.2. The Hall–Kier alpha value is -0.850. The average Bonchev–Trinajstić information content (AvgIpc) is 2.63. The fourth-order valence-electron chi connectivity index (χ4n) is 2.07. The van der Waals surface area contributed by atoms with E-state index in [1.54, 1.807) is 27.9 Å². The van der Waals surface area contributed by atoms with E-state index in [0.29, 0.717) is 23.0 Å². The number of nitrogens with zero attached hydrogens (tertiary/aromatic N) is 1. The molecule has 0 aliphatic carbocycles. The molecule has 1 heterocycles. The lowest BCUT2D eigenvalue weighted by Crippen LogP contribution is -2.35. The molecule has 1 atom stereocenters. The van der Waals surface area contributed by atoms with Gasteiger partial charge in [0.1, 0.15) is 16.4 Å². The Morgan fingerprint density at radius 3 is 2.37 bits per heavy atom. The molecule has 0 saturated carbocycles. The average molecular weight is 288 g/mol. The Kier molecular flexibility index (Phi) is 5.18. The molecule has 5 nitrogen and oxygen atoms in total. The molecule has 0 aliphatic rings. The van der Waals surface area contributed by atoms with Gasteiger partial charge in [0.15, 0.2) is 0 Å². The van der Waals surface area contributed by atoms with Crippen LogP contribution in [-0.2, 0) is 16.6 Å². The predicted molar refractivity (Wildman–Crippen MR) is 75.6 cm³/mol. The lowest BCUT2D eigenvalue weighted by atomic mass is 10.2. The third-order valence-corrected chi connectivity index (χ3v) is 5.70. The smallest absolute Gasteiger partial charge is 0.246 e. The van der Waals surface area contributed by atoms with Crippen LogP contribution in [0.5, 0.6) is 0 Å². The molecule has 19 heavy (non-hydrogen) atoms. The van der Waals surface area contributed by atoms with Crippen LogP contribution < -0.4 is 5.32 Å². The second kappa shape index (κ2) is 6.07. The number of nitrogens with one attached hydrogen (secondary N) is 1. The van der Waals surface area contributed by atoms with Crippen LogP contribution >= 0.6 is 0 Å². The summed E-state index contributed by atoms with van der Waals surface area (Å²) in [4.78, 5) is 0.308. The van der Waals surface area contributed by atoms with Crippen LogP contribution in [0.25, 0.3) is 0 Å². The largest absolute Gasteiger partial charge is 0.465 e. The first-order valence-corrected chi connectivity index (χ1v) is 7.92. The molecule has 1 aromatic rings. The van der Waals surface area contributed by atoms with Gasteiger partial charge in [-0.2, -0.15) is 4.31 Å². The third-order valence-electron chi connectivity index (χ3n) is 3.53. The topological polar surface area (TPSA) is 62.6 Å². The zero-order chi connectivity index (χ0) is 14.8. The minimum Gasteiger partial charge on any atom is -0.465 e. The zero-order valence-electron chi connectivity index (χ0n) is 12.6. The number of rotatable bonds is 6. The van der Waals surface area contributed by atoms with Gasteiger partial charge in [0.2, 0.25) is 10.0 Å². The number of furan rings is 1. The fourth-order valence-corrected chi connectivity index (χ4v) is 3.91. The predicted octanol–water partition coefficient (Wildman–Crippen LogP) is 2.03. The van der Waals surface area contributed by atoms with Crippen molar-refractivity contribution in [2.45, 2.75) is 51.6 Å². The lowest BCUT2D eigenvalue weighted by Gasteiger charge is -2.23. The van der Waals surface area contributed by atoms with E-state index in [4.69, 9.17) is 4.42 Å². The first-order valence-electron chi connectivity index (χ1n) is 6.48. The number of sulfonamides is 1. The molecule has 0 saturated heterocycles. The van der Waals surface area contributed by atoms with Crippen LogP contribution in [0.3, 0.4) is 0 Å². The van der Waals surface area contributed by atoms with E-state index in [-0.39, 0.29) is 6.04 Å². The van der Waals surface area contributed by atoms with Crippen LogP contribution in [0.4, 0.5) is 0 Å². The number of hydrogen-bond donors (Lipinski definition) is 1. The molecule has 0 aliphatic heterocycles. The standard InChI is InChI=1S/C13H24N2O3S/c1-7-9(2)15(6)19(16,17)13-11(4)18-10(3)12(13)8-14-5/h9,14H,7-8H2,1-6H3. The van der Waals surface area contributed by atoms with Crippen LogP contribution in [0.15, 0.2) is 9.31 Å². The Bertz CT molecular complexity index is 534. The highest BCUT2D eigenvalue weighted by Gasteiger charge is 2.31. The van der Waals surface area contributed by atoms with Crippen molar-refractivity contribution in [1.29, 1.82) is 0 Å². The maximum atomic E-state index is 12.7. The van der Waals surface area contributed by atoms with Crippen LogP contribution in [0.1, 0.15) is 37.4 Å². The van der Waals surface area contributed by atoms with Crippen molar-refractivity contribution < 1.29 is 12.8 Å². The summed E-state index contributed by atoms with van der Waals surface area (Å²) in [6.45, 7) is 7.84. The summed E-state index contributed by atoms with van der Waals surface area (Å²) in [5.74, 6) is 1.11. The Labute approximate surface area is 116 Å². The van der Waals surface area contributed by atoms with E-state index < -0.39 is 10.0 Å². The van der Waals surface area contributed by atoms with Crippen molar-refractivity contribution in [1.82, 2.24) is 9.62 Å². The van der Waals surface area contributed by atoms with Crippen LogP contribution in [0, 0.1) is 13.8 Å². The molecule has 0 bridgehead atoms. The summed E-state index contributed by atoms with van der Waals surface area (Å²) in [6.07, 6.45) is 0.771. The van der Waals surface area contributed by atoms with Crippen molar-refractivity contribution in [3.8, 4) is 0 Å². The third kappa shape index (κ3) is 3.01. The Morgan fingerprint density at radius 2 is 1.89 bits per heavy atom. The van der Waals surface area contributed by atoms with Gasteiger partial charge >= 0.3 is 0 Å². The second-order valence-electron chi connectivity index (χ2n) is 4.83. The van der Waals surface area contributed by atoms with Gasteiger partial charge in [-0.25, -0.2) is 8.42 Å². The quantitative estimate of drug-likeness (QED) is 0.870. The molecule has 110 valence electrons.